The van der Waals surface area contributed by atoms with E-state index < -0.39 is 11.7 Å². The minimum absolute atomic E-state index is 0.00698. The van der Waals surface area contributed by atoms with Crippen LogP contribution in [0.4, 0.5) is 13.2 Å². The summed E-state index contributed by atoms with van der Waals surface area (Å²) in [5.41, 5.74) is -0.705. The van der Waals surface area contributed by atoms with Gasteiger partial charge in [0.25, 0.3) is 5.91 Å². The van der Waals surface area contributed by atoms with E-state index in [4.69, 9.17) is 4.74 Å². The number of amides is 1. The number of pyridine rings is 1. The van der Waals surface area contributed by atoms with Gasteiger partial charge in [0.1, 0.15) is 11.9 Å². The monoisotopic (exact) mass is 376 g/mol. The molecule has 1 aromatic heterocycles. The van der Waals surface area contributed by atoms with Crippen molar-refractivity contribution in [2.45, 2.75) is 50.0 Å². The zero-order chi connectivity index (χ0) is 19.0. The number of carbonyl (C=O) groups is 1. The first-order chi connectivity index (χ1) is 12.9. The van der Waals surface area contributed by atoms with Gasteiger partial charge in [-0.15, -0.1) is 0 Å². The van der Waals surface area contributed by atoms with Crippen molar-refractivity contribution in [3.05, 3.63) is 59.9 Å². The fourth-order valence-electron chi connectivity index (χ4n) is 4.14. The Balaban J connectivity index is 1.49. The van der Waals surface area contributed by atoms with Crippen LogP contribution in [0, 0.1) is 0 Å². The molecule has 0 aliphatic carbocycles. The van der Waals surface area contributed by atoms with Gasteiger partial charge in [0.05, 0.1) is 11.8 Å². The first-order valence-electron chi connectivity index (χ1n) is 8.98. The Morgan fingerprint density at radius 3 is 2.48 bits per heavy atom. The van der Waals surface area contributed by atoms with Crippen molar-refractivity contribution in [1.29, 1.82) is 0 Å². The topological polar surface area (TPSA) is 42.4 Å². The highest BCUT2D eigenvalue weighted by Crippen LogP contribution is 2.38. The van der Waals surface area contributed by atoms with Gasteiger partial charge in [-0.25, -0.2) is 0 Å². The minimum atomic E-state index is -4.46. The molecule has 0 saturated carbocycles. The third kappa shape index (κ3) is 3.63. The average Bonchev–Trinajstić information content (AvgIpc) is 2.92. The molecule has 2 saturated heterocycles. The van der Waals surface area contributed by atoms with Crippen molar-refractivity contribution in [1.82, 2.24) is 9.88 Å². The van der Waals surface area contributed by atoms with Crippen LogP contribution in [0.3, 0.4) is 0 Å². The van der Waals surface area contributed by atoms with Gasteiger partial charge in [0.2, 0.25) is 0 Å². The smallest absolute Gasteiger partial charge is 0.416 e. The summed E-state index contributed by atoms with van der Waals surface area (Å²) in [6.45, 7) is 0. The van der Waals surface area contributed by atoms with Gasteiger partial charge in [0.15, 0.2) is 0 Å². The second kappa shape index (κ2) is 6.87. The molecule has 1 amide bonds. The van der Waals surface area contributed by atoms with E-state index in [1.54, 1.807) is 23.4 Å². The van der Waals surface area contributed by atoms with Gasteiger partial charge >= 0.3 is 6.18 Å². The van der Waals surface area contributed by atoms with E-state index in [2.05, 4.69) is 4.98 Å². The maximum Gasteiger partial charge on any atom is 0.416 e. The fraction of sp³-hybridized carbons (Fsp3) is 0.400. The zero-order valence-electron chi connectivity index (χ0n) is 14.5. The van der Waals surface area contributed by atoms with Gasteiger partial charge in [-0.2, -0.15) is 13.2 Å². The Bertz CT molecular complexity index is 811. The van der Waals surface area contributed by atoms with E-state index in [-0.39, 0.29) is 29.7 Å². The molecule has 2 aliphatic heterocycles. The number of nitrogens with zero attached hydrogens (tertiary/aromatic N) is 2. The molecule has 3 heterocycles. The van der Waals surface area contributed by atoms with Crippen molar-refractivity contribution < 1.29 is 22.7 Å². The quantitative estimate of drug-likeness (QED) is 0.802. The number of alkyl halides is 3. The lowest BCUT2D eigenvalue weighted by Crippen LogP contribution is -2.49. The van der Waals surface area contributed by atoms with E-state index in [0.717, 1.165) is 25.0 Å². The van der Waals surface area contributed by atoms with Crippen LogP contribution in [-0.2, 0) is 6.18 Å². The van der Waals surface area contributed by atoms with Crippen molar-refractivity contribution in [2.24, 2.45) is 0 Å². The molecule has 2 aromatic rings. The molecule has 2 aliphatic rings. The number of aromatic nitrogens is 1. The predicted molar refractivity (Wildman–Crippen MR) is 92.3 cm³/mol. The first-order valence-corrected chi connectivity index (χ1v) is 8.98. The highest BCUT2D eigenvalue weighted by Gasteiger charge is 2.44. The molecular weight excluding hydrogens is 357 g/mol. The fourth-order valence-corrected chi connectivity index (χ4v) is 4.14. The third-order valence-electron chi connectivity index (χ3n) is 5.30. The second-order valence-electron chi connectivity index (χ2n) is 7.08. The second-order valence-corrected chi connectivity index (χ2v) is 7.08. The van der Waals surface area contributed by atoms with Crippen molar-refractivity contribution >= 4 is 5.91 Å². The molecule has 4 nitrogen and oxygen atoms in total. The van der Waals surface area contributed by atoms with Crippen LogP contribution in [0.15, 0.2) is 48.8 Å². The third-order valence-corrected chi connectivity index (χ3v) is 5.30. The molecule has 0 radical (unpaired) electrons. The average molecular weight is 376 g/mol. The number of ether oxygens (including phenoxy) is 1. The zero-order valence-corrected chi connectivity index (χ0v) is 14.5. The summed E-state index contributed by atoms with van der Waals surface area (Å²) in [5.74, 6) is 0.369. The summed E-state index contributed by atoms with van der Waals surface area (Å²) >= 11 is 0. The van der Waals surface area contributed by atoms with Crippen LogP contribution in [0.25, 0.3) is 0 Å². The van der Waals surface area contributed by atoms with E-state index >= 15 is 0 Å². The summed E-state index contributed by atoms with van der Waals surface area (Å²) < 4.78 is 44.8. The molecule has 0 spiro atoms. The summed E-state index contributed by atoms with van der Waals surface area (Å²) in [6, 6.07) is 8.30. The molecule has 27 heavy (non-hydrogen) atoms. The number of carbonyl (C=O) groups excluding carboxylic acids is 1. The van der Waals surface area contributed by atoms with E-state index in [1.165, 1.54) is 12.1 Å². The highest BCUT2D eigenvalue weighted by molar-refractivity contribution is 5.95. The first kappa shape index (κ1) is 17.8. The maximum atomic E-state index is 13.0. The van der Waals surface area contributed by atoms with E-state index in [9.17, 15) is 18.0 Å². The molecule has 2 atom stereocenters. The lowest BCUT2D eigenvalue weighted by atomic mass is 9.98. The number of halogens is 3. The number of hydrogen-bond donors (Lipinski definition) is 0. The van der Waals surface area contributed by atoms with E-state index in [0.29, 0.717) is 18.6 Å². The summed E-state index contributed by atoms with van der Waals surface area (Å²) in [6.07, 6.45) is 1.91. The summed E-state index contributed by atoms with van der Waals surface area (Å²) in [4.78, 5) is 18.7. The van der Waals surface area contributed by atoms with Gasteiger partial charge in [0, 0.05) is 36.7 Å². The van der Waals surface area contributed by atoms with Crippen molar-refractivity contribution in [3.63, 3.8) is 0 Å². The number of hydrogen-bond acceptors (Lipinski definition) is 3. The lowest BCUT2D eigenvalue weighted by Gasteiger charge is -2.39. The molecule has 4 rings (SSSR count). The SMILES string of the molecule is O=C(c1cccc(C(F)(F)F)c1)N1C2CCC1CC(Oc1cccnc1)C2. The Kier molecular flexibility index (Phi) is 4.53. The normalized spacial score (nSPS) is 24.7. The number of benzene rings is 1. The molecule has 7 heteroatoms. The van der Waals surface area contributed by atoms with Crippen LogP contribution >= 0.6 is 0 Å². The van der Waals surface area contributed by atoms with Crippen LogP contribution in [0.5, 0.6) is 5.75 Å². The summed E-state index contributed by atoms with van der Waals surface area (Å²) in [5, 5.41) is 0. The highest BCUT2D eigenvalue weighted by atomic mass is 19.4. The molecule has 2 bridgehead atoms. The Labute approximate surface area is 155 Å². The number of fused-ring (bicyclic) bond motifs is 2. The molecule has 1 aromatic carbocycles. The largest absolute Gasteiger partial charge is 0.489 e. The Morgan fingerprint density at radius 1 is 1.11 bits per heavy atom. The molecule has 2 fully saturated rings. The molecular formula is C20H19F3N2O2. The van der Waals surface area contributed by atoms with Crippen molar-refractivity contribution in [2.75, 3.05) is 0 Å². The predicted octanol–water partition coefficient (Wildman–Crippen LogP) is 4.32. The summed E-state index contributed by atoms with van der Waals surface area (Å²) in [7, 11) is 0. The number of piperidine rings is 1. The maximum absolute atomic E-state index is 13.0. The van der Waals surface area contributed by atoms with Gasteiger partial charge < -0.3 is 9.64 Å². The van der Waals surface area contributed by atoms with Gasteiger partial charge in [-0.3, -0.25) is 9.78 Å². The molecule has 142 valence electrons. The van der Waals surface area contributed by atoms with E-state index in [1.807, 2.05) is 6.07 Å². The Morgan fingerprint density at radius 2 is 1.85 bits per heavy atom. The molecule has 0 N–H and O–H groups in total. The van der Waals surface area contributed by atoms with Crippen LogP contribution in [0.1, 0.15) is 41.6 Å². The Hall–Kier alpha value is -2.57. The van der Waals surface area contributed by atoms with Crippen LogP contribution < -0.4 is 4.74 Å². The van der Waals surface area contributed by atoms with Crippen molar-refractivity contribution in [3.8, 4) is 5.75 Å². The minimum Gasteiger partial charge on any atom is -0.489 e. The number of rotatable bonds is 3. The lowest BCUT2D eigenvalue weighted by molar-refractivity contribution is -0.137. The van der Waals surface area contributed by atoms with Gasteiger partial charge in [-0.1, -0.05) is 6.07 Å². The van der Waals surface area contributed by atoms with Crippen LogP contribution in [0.2, 0.25) is 0 Å². The molecule has 2 unspecified atom stereocenters. The van der Waals surface area contributed by atoms with Crippen LogP contribution in [-0.4, -0.2) is 34.0 Å². The van der Waals surface area contributed by atoms with Gasteiger partial charge in [-0.05, 0) is 43.2 Å². The standard InChI is InChI=1S/C20H19F3N2O2/c21-20(22,23)14-4-1-3-13(9-14)19(26)25-15-6-7-16(25)11-18(10-15)27-17-5-2-8-24-12-17/h1-5,8-9,12,15-16,18H,6-7,10-11H2.